The highest BCUT2D eigenvalue weighted by atomic mass is 32.2. The second-order valence-electron chi connectivity index (χ2n) is 7.41. The highest BCUT2D eigenvalue weighted by molar-refractivity contribution is 7.91. The van der Waals surface area contributed by atoms with Crippen molar-refractivity contribution < 1.29 is 18.0 Å². The number of likely N-dealkylation sites (tertiary alicyclic amines) is 1. The van der Waals surface area contributed by atoms with Crippen LogP contribution >= 0.6 is 0 Å². The molecule has 2 aliphatic rings. The van der Waals surface area contributed by atoms with Crippen molar-refractivity contribution in [3.05, 3.63) is 0 Å². The molecule has 0 aliphatic carbocycles. The molecule has 6 nitrogen and oxygen atoms in total. The van der Waals surface area contributed by atoms with Crippen LogP contribution in [0.15, 0.2) is 0 Å². The highest BCUT2D eigenvalue weighted by Crippen LogP contribution is 2.28. The van der Waals surface area contributed by atoms with Gasteiger partial charge in [-0.25, -0.2) is 8.42 Å². The van der Waals surface area contributed by atoms with Crippen LogP contribution in [-0.2, 0) is 19.4 Å². The van der Waals surface area contributed by atoms with Crippen LogP contribution in [0.1, 0.15) is 40.0 Å². The summed E-state index contributed by atoms with van der Waals surface area (Å²) in [6, 6.07) is -0.0326. The van der Waals surface area contributed by atoms with Gasteiger partial charge in [0.2, 0.25) is 11.8 Å². The Hall–Kier alpha value is -1.11. The van der Waals surface area contributed by atoms with Crippen molar-refractivity contribution in [1.82, 2.24) is 9.80 Å². The summed E-state index contributed by atoms with van der Waals surface area (Å²) < 4.78 is 23.0. The third-order valence-corrected chi connectivity index (χ3v) is 6.42. The summed E-state index contributed by atoms with van der Waals surface area (Å²) in [5.41, 5.74) is -0.274. The summed E-state index contributed by atoms with van der Waals surface area (Å²) in [5.74, 6) is -0.0369. The van der Waals surface area contributed by atoms with E-state index >= 15 is 0 Å². The molecule has 0 aromatic heterocycles. The van der Waals surface area contributed by atoms with Gasteiger partial charge in [0.25, 0.3) is 0 Å². The molecule has 1 unspecified atom stereocenters. The Morgan fingerprint density at radius 2 is 1.77 bits per heavy atom. The second-order valence-corrected chi connectivity index (χ2v) is 9.71. The van der Waals surface area contributed by atoms with Gasteiger partial charge in [-0.05, 0) is 33.6 Å². The van der Waals surface area contributed by atoms with Gasteiger partial charge in [-0.1, -0.05) is 0 Å². The number of hydrogen-bond acceptors (Lipinski definition) is 4. The molecule has 2 amide bonds. The van der Waals surface area contributed by atoms with Crippen LogP contribution < -0.4 is 0 Å². The molecule has 22 heavy (non-hydrogen) atoms. The maximum absolute atomic E-state index is 12.6. The molecule has 0 saturated carbocycles. The molecule has 0 radical (unpaired) electrons. The number of amides is 2. The number of rotatable bonds is 2. The molecule has 126 valence electrons. The van der Waals surface area contributed by atoms with E-state index in [-0.39, 0.29) is 47.2 Å². The van der Waals surface area contributed by atoms with E-state index in [1.807, 2.05) is 20.8 Å². The average molecular weight is 330 g/mol. The van der Waals surface area contributed by atoms with Crippen LogP contribution in [0.25, 0.3) is 0 Å². The third kappa shape index (κ3) is 3.62. The first kappa shape index (κ1) is 17.2. The fraction of sp³-hybridized carbons (Fsp3) is 0.867. The lowest BCUT2D eigenvalue weighted by atomic mass is 10.0. The van der Waals surface area contributed by atoms with E-state index < -0.39 is 9.84 Å². The van der Waals surface area contributed by atoms with Gasteiger partial charge in [0.05, 0.1) is 17.4 Å². The zero-order chi connectivity index (χ0) is 16.7. The number of nitrogens with zero attached hydrogens (tertiary/aromatic N) is 2. The number of sulfone groups is 1. The first-order valence-corrected chi connectivity index (χ1v) is 9.61. The Bertz CT molecular complexity index is 551. The summed E-state index contributed by atoms with van der Waals surface area (Å²) in [6.07, 6.45) is 1.24. The fourth-order valence-corrected chi connectivity index (χ4v) is 4.72. The van der Waals surface area contributed by atoms with Crippen LogP contribution in [0.5, 0.6) is 0 Å². The molecule has 2 rings (SSSR count). The maximum Gasteiger partial charge on any atom is 0.227 e. The molecule has 0 N–H and O–H groups in total. The zero-order valence-electron chi connectivity index (χ0n) is 13.8. The van der Waals surface area contributed by atoms with E-state index in [0.29, 0.717) is 19.4 Å². The van der Waals surface area contributed by atoms with Crippen LogP contribution in [-0.4, -0.2) is 66.7 Å². The van der Waals surface area contributed by atoms with Crippen molar-refractivity contribution in [1.29, 1.82) is 0 Å². The topological polar surface area (TPSA) is 74.8 Å². The SMILES string of the molecule is CN(C(=O)C1CC(=O)N(C(C)(C)C)C1)C1CCS(=O)(=O)CC1. The smallest absolute Gasteiger partial charge is 0.227 e. The lowest BCUT2D eigenvalue weighted by Gasteiger charge is -2.34. The van der Waals surface area contributed by atoms with Gasteiger partial charge in [-0.3, -0.25) is 9.59 Å². The van der Waals surface area contributed by atoms with Gasteiger partial charge in [0, 0.05) is 31.6 Å². The zero-order valence-corrected chi connectivity index (χ0v) is 14.6. The Labute approximate surface area is 132 Å². The Kier molecular flexibility index (Phi) is 4.57. The second kappa shape index (κ2) is 5.83. The molecule has 0 aromatic carbocycles. The number of carbonyl (C=O) groups is 2. The van der Waals surface area contributed by atoms with Crippen molar-refractivity contribution in [3.8, 4) is 0 Å². The van der Waals surface area contributed by atoms with Gasteiger partial charge in [-0.15, -0.1) is 0 Å². The van der Waals surface area contributed by atoms with Crippen LogP contribution in [0.3, 0.4) is 0 Å². The largest absolute Gasteiger partial charge is 0.342 e. The van der Waals surface area contributed by atoms with E-state index in [4.69, 9.17) is 0 Å². The minimum absolute atomic E-state index is 0.0190. The molecular formula is C15H26N2O4S. The predicted molar refractivity (Wildman–Crippen MR) is 84.0 cm³/mol. The Balaban J connectivity index is 1.99. The molecular weight excluding hydrogens is 304 g/mol. The summed E-state index contributed by atoms with van der Waals surface area (Å²) in [5, 5.41) is 0. The summed E-state index contributed by atoms with van der Waals surface area (Å²) in [6.45, 7) is 6.35. The summed E-state index contributed by atoms with van der Waals surface area (Å²) >= 11 is 0. The minimum Gasteiger partial charge on any atom is -0.342 e. The highest BCUT2D eigenvalue weighted by Gasteiger charge is 2.41. The Morgan fingerprint density at radius 3 is 2.23 bits per heavy atom. The molecule has 1 atom stereocenters. The van der Waals surface area contributed by atoms with Gasteiger partial charge in [0.15, 0.2) is 0 Å². The van der Waals surface area contributed by atoms with E-state index in [9.17, 15) is 18.0 Å². The van der Waals surface area contributed by atoms with E-state index in [0.717, 1.165) is 0 Å². The molecule has 2 aliphatic heterocycles. The van der Waals surface area contributed by atoms with Gasteiger partial charge >= 0.3 is 0 Å². The fourth-order valence-electron chi connectivity index (χ4n) is 3.25. The van der Waals surface area contributed by atoms with Crippen LogP contribution in [0.2, 0.25) is 0 Å². The van der Waals surface area contributed by atoms with Crippen LogP contribution in [0.4, 0.5) is 0 Å². The van der Waals surface area contributed by atoms with Crippen molar-refractivity contribution in [2.45, 2.75) is 51.6 Å². The van der Waals surface area contributed by atoms with Crippen LogP contribution in [0, 0.1) is 5.92 Å². The third-order valence-electron chi connectivity index (χ3n) is 4.70. The predicted octanol–water partition coefficient (Wildman–Crippen LogP) is 0.669. The molecule has 2 saturated heterocycles. The van der Waals surface area contributed by atoms with E-state index in [2.05, 4.69) is 0 Å². The quantitative estimate of drug-likeness (QED) is 0.746. The van der Waals surface area contributed by atoms with Crippen molar-refractivity contribution in [2.75, 3.05) is 25.1 Å². The Morgan fingerprint density at radius 1 is 1.23 bits per heavy atom. The lowest BCUT2D eigenvalue weighted by molar-refractivity contribution is -0.136. The maximum atomic E-state index is 12.6. The first-order chi connectivity index (χ1) is 10.0. The normalized spacial score (nSPS) is 26.3. The minimum atomic E-state index is -2.93. The van der Waals surface area contributed by atoms with E-state index in [1.54, 1.807) is 16.8 Å². The molecule has 0 bridgehead atoms. The molecule has 2 fully saturated rings. The van der Waals surface area contributed by atoms with Gasteiger partial charge < -0.3 is 9.80 Å². The van der Waals surface area contributed by atoms with Gasteiger partial charge in [0.1, 0.15) is 9.84 Å². The molecule has 7 heteroatoms. The first-order valence-electron chi connectivity index (χ1n) is 7.79. The molecule has 2 heterocycles. The van der Waals surface area contributed by atoms with E-state index in [1.165, 1.54) is 0 Å². The lowest BCUT2D eigenvalue weighted by Crippen LogP contribution is -2.46. The molecule has 0 spiro atoms. The summed E-state index contributed by atoms with van der Waals surface area (Å²) in [4.78, 5) is 28.1. The van der Waals surface area contributed by atoms with Crippen molar-refractivity contribution >= 4 is 21.7 Å². The number of hydrogen-bond donors (Lipinski definition) is 0. The van der Waals surface area contributed by atoms with Gasteiger partial charge in [-0.2, -0.15) is 0 Å². The standard InChI is InChI=1S/C15H26N2O4S/c1-15(2,3)17-10-11(9-13(17)18)14(19)16(4)12-5-7-22(20,21)8-6-12/h11-12H,5-10H2,1-4H3. The summed E-state index contributed by atoms with van der Waals surface area (Å²) in [7, 11) is -1.20. The monoisotopic (exact) mass is 330 g/mol. The molecule has 0 aromatic rings. The van der Waals surface area contributed by atoms with Crippen molar-refractivity contribution in [3.63, 3.8) is 0 Å². The van der Waals surface area contributed by atoms with Crippen molar-refractivity contribution in [2.24, 2.45) is 5.92 Å². The number of carbonyl (C=O) groups excluding carboxylic acids is 2. The average Bonchev–Trinajstić information content (AvgIpc) is 2.79.